The van der Waals surface area contributed by atoms with E-state index in [1.54, 1.807) is 42.5 Å². The fraction of sp³-hybridized carbons (Fsp3) is 0.278. The molecule has 0 aliphatic carbocycles. The molecule has 0 saturated heterocycles. The van der Waals surface area contributed by atoms with Gasteiger partial charge in [0.25, 0.3) is 0 Å². The van der Waals surface area contributed by atoms with Crippen LogP contribution in [0.2, 0.25) is 0 Å². The molecule has 1 aliphatic heterocycles. The van der Waals surface area contributed by atoms with E-state index in [9.17, 15) is 13.2 Å². The molecule has 0 spiro atoms. The Kier molecular flexibility index (Phi) is 4.67. The Morgan fingerprint density at radius 3 is 2.56 bits per heavy atom. The number of esters is 1. The number of sulfone groups is 1. The Hall–Kier alpha value is -2.54. The van der Waals surface area contributed by atoms with Gasteiger partial charge < -0.3 is 14.8 Å². The quantitative estimate of drug-likeness (QED) is 0.825. The Morgan fingerprint density at radius 1 is 1.20 bits per heavy atom. The van der Waals surface area contributed by atoms with Gasteiger partial charge in [0.15, 0.2) is 9.84 Å². The summed E-state index contributed by atoms with van der Waals surface area (Å²) in [4.78, 5) is 11.8. The highest BCUT2D eigenvalue weighted by Crippen LogP contribution is 2.32. The highest BCUT2D eigenvalue weighted by atomic mass is 32.2. The van der Waals surface area contributed by atoms with Crippen LogP contribution in [0, 0.1) is 0 Å². The Balaban J connectivity index is 1.83. The van der Waals surface area contributed by atoms with Gasteiger partial charge in [0.2, 0.25) is 0 Å². The number of methoxy groups -OCH3 is 1. The molecular formula is C18H19NO5S. The molecule has 0 aromatic heterocycles. The van der Waals surface area contributed by atoms with Crippen LogP contribution in [0.25, 0.3) is 0 Å². The first-order valence-corrected chi connectivity index (χ1v) is 9.45. The van der Waals surface area contributed by atoms with Gasteiger partial charge in [-0.2, -0.15) is 0 Å². The number of hydrogen-bond acceptors (Lipinski definition) is 6. The maximum Gasteiger partial charge on any atom is 0.337 e. The van der Waals surface area contributed by atoms with Gasteiger partial charge in [-0.15, -0.1) is 0 Å². The number of carbonyl (C=O) groups excluding carboxylic acids is 1. The van der Waals surface area contributed by atoms with Crippen molar-refractivity contribution in [3.63, 3.8) is 0 Å². The minimum Gasteiger partial charge on any atom is -0.494 e. The Morgan fingerprint density at radius 2 is 1.92 bits per heavy atom. The van der Waals surface area contributed by atoms with Crippen LogP contribution in [0.5, 0.6) is 5.75 Å². The van der Waals surface area contributed by atoms with E-state index in [1.807, 2.05) is 6.92 Å². The predicted octanol–water partition coefficient (Wildman–Crippen LogP) is 2.64. The van der Waals surface area contributed by atoms with Gasteiger partial charge in [0.05, 0.1) is 24.2 Å². The molecule has 132 valence electrons. The highest BCUT2D eigenvalue weighted by molar-refractivity contribution is 7.92. The number of hydrogen-bond donors (Lipinski definition) is 1. The minimum atomic E-state index is -3.56. The number of fused-ring (bicyclic) bond motifs is 1. The lowest BCUT2D eigenvalue weighted by Gasteiger charge is -2.13. The van der Waals surface area contributed by atoms with E-state index in [0.29, 0.717) is 30.0 Å². The largest absolute Gasteiger partial charge is 0.494 e. The molecule has 6 nitrogen and oxygen atoms in total. The normalized spacial score (nSPS) is 16.0. The summed E-state index contributed by atoms with van der Waals surface area (Å²) < 4.78 is 35.7. The van der Waals surface area contributed by atoms with Crippen LogP contribution < -0.4 is 10.1 Å². The number of anilines is 1. The molecule has 0 saturated carbocycles. The van der Waals surface area contributed by atoms with Crippen LogP contribution in [0.3, 0.4) is 0 Å². The third-order valence-electron chi connectivity index (χ3n) is 4.09. The van der Waals surface area contributed by atoms with Crippen molar-refractivity contribution in [3.8, 4) is 5.75 Å². The fourth-order valence-electron chi connectivity index (χ4n) is 2.80. The van der Waals surface area contributed by atoms with Crippen molar-refractivity contribution in [2.75, 3.05) is 19.0 Å². The molecule has 1 N–H and O–H groups in total. The number of ether oxygens (including phenoxy) is 2. The lowest BCUT2D eigenvalue weighted by atomic mass is 10.1. The summed E-state index contributed by atoms with van der Waals surface area (Å²) >= 11 is 0. The summed E-state index contributed by atoms with van der Waals surface area (Å²) in [7, 11) is -2.25. The highest BCUT2D eigenvalue weighted by Gasteiger charge is 2.33. The van der Waals surface area contributed by atoms with E-state index in [1.165, 1.54) is 7.11 Å². The lowest BCUT2D eigenvalue weighted by molar-refractivity contribution is 0.0601. The average Bonchev–Trinajstić information content (AvgIpc) is 3.06. The summed E-state index contributed by atoms with van der Waals surface area (Å²) in [6.45, 7) is 2.39. The zero-order chi connectivity index (χ0) is 18.0. The van der Waals surface area contributed by atoms with Crippen molar-refractivity contribution in [1.82, 2.24) is 0 Å². The molecule has 7 heteroatoms. The van der Waals surface area contributed by atoms with Gasteiger partial charge in [-0.1, -0.05) is 6.07 Å². The maximum atomic E-state index is 12.9. The monoisotopic (exact) mass is 361 g/mol. The number of carbonyl (C=O) groups is 1. The molecule has 2 aromatic rings. The van der Waals surface area contributed by atoms with E-state index in [2.05, 4.69) is 5.32 Å². The standard InChI is InChI=1S/C18H19NO5S/c1-3-24-14-6-8-15(9-7-14)25(21,22)17-11-12-4-5-13(18(20)23-2)10-16(12)19-17/h4-10,17,19H,3,11H2,1-2H3. The molecule has 0 fully saturated rings. The Labute approximate surface area is 146 Å². The molecule has 3 rings (SSSR count). The van der Waals surface area contributed by atoms with Crippen molar-refractivity contribution in [2.45, 2.75) is 23.6 Å². The van der Waals surface area contributed by atoms with Gasteiger partial charge in [-0.25, -0.2) is 13.2 Å². The maximum absolute atomic E-state index is 12.9. The molecule has 25 heavy (non-hydrogen) atoms. The van der Waals surface area contributed by atoms with Crippen molar-refractivity contribution in [2.24, 2.45) is 0 Å². The van der Waals surface area contributed by atoms with Crippen molar-refractivity contribution >= 4 is 21.5 Å². The average molecular weight is 361 g/mol. The van der Waals surface area contributed by atoms with Crippen LogP contribution in [0.1, 0.15) is 22.8 Å². The summed E-state index contributed by atoms with van der Waals surface area (Å²) in [5.41, 5.74) is 1.88. The van der Waals surface area contributed by atoms with Gasteiger partial charge in [0.1, 0.15) is 11.1 Å². The van der Waals surface area contributed by atoms with Crippen LogP contribution in [-0.2, 0) is 21.0 Å². The zero-order valence-electron chi connectivity index (χ0n) is 14.0. The lowest BCUT2D eigenvalue weighted by Crippen LogP contribution is -2.27. The number of rotatable bonds is 5. The second-order valence-electron chi connectivity index (χ2n) is 5.65. The molecular weight excluding hydrogens is 342 g/mol. The second-order valence-corrected chi connectivity index (χ2v) is 7.78. The molecule has 2 aromatic carbocycles. The molecule has 0 amide bonds. The SMILES string of the molecule is CCOc1ccc(S(=O)(=O)C2Cc3ccc(C(=O)OC)cc3N2)cc1. The third-order valence-corrected chi connectivity index (χ3v) is 6.05. The first kappa shape index (κ1) is 17.3. The summed E-state index contributed by atoms with van der Waals surface area (Å²) in [5, 5.41) is 2.24. The minimum absolute atomic E-state index is 0.231. The molecule has 1 aliphatic rings. The van der Waals surface area contributed by atoms with Crippen LogP contribution in [-0.4, -0.2) is 33.5 Å². The second kappa shape index (κ2) is 6.76. The van der Waals surface area contributed by atoms with E-state index in [-0.39, 0.29) is 4.90 Å². The number of benzene rings is 2. The smallest absolute Gasteiger partial charge is 0.337 e. The summed E-state index contributed by atoms with van der Waals surface area (Å²) in [6, 6.07) is 11.4. The molecule has 1 atom stereocenters. The van der Waals surface area contributed by atoms with Gasteiger partial charge in [0, 0.05) is 12.1 Å². The predicted molar refractivity (Wildman–Crippen MR) is 93.7 cm³/mol. The third kappa shape index (κ3) is 3.32. The van der Waals surface area contributed by atoms with Gasteiger partial charge in [-0.3, -0.25) is 0 Å². The molecule has 1 unspecified atom stereocenters. The Bertz CT molecular complexity index is 890. The van der Waals surface area contributed by atoms with Crippen molar-refractivity contribution < 1.29 is 22.7 Å². The molecule has 1 heterocycles. The molecule has 0 bridgehead atoms. The van der Waals surface area contributed by atoms with Gasteiger partial charge in [-0.05, 0) is 48.9 Å². The van der Waals surface area contributed by atoms with Gasteiger partial charge >= 0.3 is 5.97 Å². The first-order chi connectivity index (χ1) is 12.0. The summed E-state index contributed by atoms with van der Waals surface area (Å²) in [6.07, 6.45) is 0.340. The molecule has 0 radical (unpaired) electrons. The zero-order valence-corrected chi connectivity index (χ0v) is 14.8. The number of nitrogens with one attached hydrogen (secondary N) is 1. The topological polar surface area (TPSA) is 81.7 Å². The first-order valence-electron chi connectivity index (χ1n) is 7.90. The van der Waals surface area contributed by atoms with Crippen LogP contribution in [0.4, 0.5) is 5.69 Å². The van der Waals surface area contributed by atoms with Crippen LogP contribution in [0.15, 0.2) is 47.4 Å². The van der Waals surface area contributed by atoms with E-state index < -0.39 is 21.2 Å². The van der Waals surface area contributed by atoms with Crippen LogP contribution >= 0.6 is 0 Å². The fourth-order valence-corrected chi connectivity index (χ4v) is 4.33. The summed E-state index contributed by atoms with van der Waals surface area (Å²) in [5.74, 6) is 0.175. The van der Waals surface area contributed by atoms with Crippen molar-refractivity contribution in [1.29, 1.82) is 0 Å². The van der Waals surface area contributed by atoms with E-state index in [4.69, 9.17) is 9.47 Å². The van der Waals surface area contributed by atoms with Crippen molar-refractivity contribution in [3.05, 3.63) is 53.6 Å². The van der Waals surface area contributed by atoms with E-state index >= 15 is 0 Å². The van der Waals surface area contributed by atoms with E-state index in [0.717, 1.165) is 5.56 Å².